The first-order valence-corrected chi connectivity index (χ1v) is 6.59. The maximum Gasteiger partial charge on any atom is 0.402 e. The summed E-state index contributed by atoms with van der Waals surface area (Å²) in [5.41, 5.74) is 5.26. The van der Waals surface area contributed by atoms with E-state index in [0.717, 1.165) is 0 Å². The zero-order valence-corrected chi connectivity index (χ0v) is 10.5. The van der Waals surface area contributed by atoms with Gasteiger partial charge < -0.3 is 5.73 Å². The second kappa shape index (κ2) is 6.06. The number of hydrogen-bond donors (Lipinski definition) is 2. The Morgan fingerprint density at radius 2 is 1.89 bits per heavy atom. The van der Waals surface area contributed by atoms with E-state index in [1.807, 2.05) is 0 Å². The van der Waals surface area contributed by atoms with Gasteiger partial charge in [-0.2, -0.15) is 13.2 Å². The summed E-state index contributed by atoms with van der Waals surface area (Å²) in [7, 11) is -4.27. The van der Waals surface area contributed by atoms with Gasteiger partial charge in [-0.25, -0.2) is 13.1 Å². The van der Waals surface area contributed by atoms with Crippen molar-refractivity contribution >= 4 is 10.0 Å². The second-order valence-corrected chi connectivity index (χ2v) is 5.18. The SMILES string of the molecule is NCC#Cc1ccccc1S(=O)(=O)NCC(F)(F)F. The van der Waals surface area contributed by atoms with Crippen LogP contribution >= 0.6 is 0 Å². The molecule has 0 unspecified atom stereocenters. The van der Waals surface area contributed by atoms with Crippen molar-refractivity contribution in [3.63, 3.8) is 0 Å². The first kappa shape index (κ1) is 15.5. The van der Waals surface area contributed by atoms with Gasteiger partial charge in [0.25, 0.3) is 0 Å². The van der Waals surface area contributed by atoms with Crippen molar-refractivity contribution in [3.8, 4) is 11.8 Å². The van der Waals surface area contributed by atoms with Gasteiger partial charge in [-0.3, -0.25) is 0 Å². The predicted molar refractivity (Wildman–Crippen MR) is 63.6 cm³/mol. The van der Waals surface area contributed by atoms with E-state index in [2.05, 4.69) is 11.8 Å². The van der Waals surface area contributed by atoms with E-state index < -0.39 is 22.7 Å². The van der Waals surface area contributed by atoms with Crippen LogP contribution in [-0.4, -0.2) is 27.7 Å². The molecule has 0 atom stereocenters. The second-order valence-electron chi connectivity index (χ2n) is 3.44. The molecular weight excluding hydrogens is 281 g/mol. The highest BCUT2D eigenvalue weighted by Crippen LogP contribution is 2.17. The van der Waals surface area contributed by atoms with Crippen molar-refractivity contribution < 1.29 is 21.6 Å². The van der Waals surface area contributed by atoms with Gasteiger partial charge in [0.05, 0.1) is 11.4 Å². The van der Waals surface area contributed by atoms with E-state index in [9.17, 15) is 21.6 Å². The van der Waals surface area contributed by atoms with Gasteiger partial charge >= 0.3 is 6.18 Å². The fourth-order valence-corrected chi connectivity index (χ4v) is 2.38. The molecule has 0 aliphatic carbocycles. The summed E-state index contributed by atoms with van der Waals surface area (Å²) in [6.45, 7) is -1.61. The Kier molecular flexibility index (Phi) is 4.94. The molecule has 104 valence electrons. The van der Waals surface area contributed by atoms with Crippen molar-refractivity contribution in [2.24, 2.45) is 5.73 Å². The lowest BCUT2D eigenvalue weighted by atomic mass is 10.2. The minimum Gasteiger partial charge on any atom is -0.320 e. The third-order valence-electron chi connectivity index (χ3n) is 1.96. The fraction of sp³-hybridized carbons (Fsp3) is 0.273. The predicted octanol–water partition coefficient (Wildman–Crippen LogP) is 0.837. The normalized spacial score (nSPS) is 11.8. The molecule has 1 aromatic rings. The molecule has 0 radical (unpaired) electrons. The lowest BCUT2D eigenvalue weighted by Crippen LogP contribution is -2.34. The third kappa shape index (κ3) is 4.90. The van der Waals surface area contributed by atoms with Crippen LogP contribution in [0.15, 0.2) is 29.2 Å². The lowest BCUT2D eigenvalue weighted by Gasteiger charge is -2.10. The van der Waals surface area contributed by atoms with E-state index in [4.69, 9.17) is 5.73 Å². The highest BCUT2D eigenvalue weighted by atomic mass is 32.2. The third-order valence-corrected chi connectivity index (χ3v) is 3.42. The van der Waals surface area contributed by atoms with Gasteiger partial charge in [0, 0.05) is 5.56 Å². The molecule has 0 aliphatic rings. The Labute approximate surface area is 108 Å². The van der Waals surface area contributed by atoms with Gasteiger partial charge in [-0.05, 0) is 12.1 Å². The summed E-state index contributed by atoms with van der Waals surface area (Å²) < 4.78 is 61.1. The first-order chi connectivity index (χ1) is 8.76. The molecule has 0 fully saturated rings. The van der Waals surface area contributed by atoms with Crippen molar-refractivity contribution in [1.29, 1.82) is 0 Å². The monoisotopic (exact) mass is 292 g/mol. The molecule has 1 aromatic carbocycles. The number of benzene rings is 1. The molecule has 19 heavy (non-hydrogen) atoms. The number of hydrogen-bond acceptors (Lipinski definition) is 3. The van der Waals surface area contributed by atoms with Gasteiger partial charge in [0.15, 0.2) is 0 Å². The summed E-state index contributed by atoms with van der Waals surface area (Å²) in [6, 6.07) is 5.50. The number of nitrogens with two attached hydrogens (primary N) is 1. The van der Waals surface area contributed by atoms with Gasteiger partial charge in [0.2, 0.25) is 10.0 Å². The minimum atomic E-state index is -4.62. The Morgan fingerprint density at radius 1 is 1.26 bits per heavy atom. The molecule has 4 nitrogen and oxygen atoms in total. The molecule has 0 spiro atoms. The van der Waals surface area contributed by atoms with E-state index in [1.165, 1.54) is 29.0 Å². The molecule has 0 saturated carbocycles. The van der Waals surface area contributed by atoms with Crippen LogP contribution in [-0.2, 0) is 10.0 Å². The fourth-order valence-electron chi connectivity index (χ4n) is 1.21. The summed E-state index contributed by atoms with van der Waals surface area (Å²) in [6.07, 6.45) is -4.62. The molecule has 8 heteroatoms. The average molecular weight is 292 g/mol. The van der Waals surface area contributed by atoms with Crippen molar-refractivity contribution in [1.82, 2.24) is 4.72 Å². The van der Waals surface area contributed by atoms with Gasteiger partial charge in [0.1, 0.15) is 6.54 Å². The molecule has 3 N–H and O–H groups in total. The Balaban J connectivity index is 3.08. The van der Waals surface area contributed by atoms with Crippen molar-refractivity contribution in [2.45, 2.75) is 11.1 Å². The van der Waals surface area contributed by atoms with E-state index >= 15 is 0 Å². The summed E-state index contributed by atoms with van der Waals surface area (Å²) >= 11 is 0. The van der Waals surface area contributed by atoms with Crippen LogP contribution in [0, 0.1) is 11.8 Å². The summed E-state index contributed by atoms with van der Waals surface area (Å²) in [5, 5.41) is 0. The van der Waals surface area contributed by atoms with Gasteiger partial charge in [-0.1, -0.05) is 24.0 Å². The zero-order chi connectivity index (χ0) is 14.5. The zero-order valence-electron chi connectivity index (χ0n) is 9.66. The molecule has 0 amide bonds. The molecule has 0 bridgehead atoms. The number of alkyl halides is 3. The van der Waals surface area contributed by atoms with Crippen LogP contribution in [0.4, 0.5) is 13.2 Å². The van der Waals surface area contributed by atoms with Crippen molar-refractivity contribution in [2.75, 3.05) is 13.1 Å². The van der Waals surface area contributed by atoms with Crippen LogP contribution in [0.2, 0.25) is 0 Å². The van der Waals surface area contributed by atoms with Crippen LogP contribution in [0.5, 0.6) is 0 Å². The lowest BCUT2D eigenvalue weighted by molar-refractivity contribution is -0.121. The van der Waals surface area contributed by atoms with E-state index in [1.54, 1.807) is 0 Å². The topological polar surface area (TPSA) is 72.2 Å². The molecule has 0 aliphatic heterocycles. The molecule has 0 heterocycles. The molecule has 0 saturated heterocycles. The van der Waals surface area contributed by atoms with Crippen LogP contribution < -0.4 is 10.5 Å². The number of nitrogens with one attached hydrogen (secondary N) is 1. The summed E-state index contributed by atoms with van der Waals surface area (Å²) in [5.74, 6) is 4.95. The highest BCUT2D eigenvalue weighted by Gasteiger charge is 2.30. The number of sulfonamides is 1. The molecule has 1 rings (SSSR count). The van der Waals surface area contributed by atoms with Crippen LogP contribution in [0.25, 0.3) is 0 Å². The Morgan fingerprint density at radius 3 is 2.47 bits per heavy atom. The van der Waals surface area contributed by atoms with Crippen LogP contribution in [0.1, 0.15) is 5.56 Å². The maximum atomic E-state index is 12.0. The highest BCUT2D eigenvalue weighted by molar-refractivity contribution is 7.89. The van der Waals surface area contributed by atoms with Crippen molar-refractivity contribution in [3.05, 3.63) is 29.8 Å². The van der Waals surface area contributed by atoms with E-state index in [-0.39, 0.29) is 17.0 Å². The Hall–Kier alpha value is -1.56. The maximum absolute atomic E-state index is 12.0. The smallest absolute Gasteiger partial charge is 0.320 e. The van der Waals surface area contributed by atoms with E-state index in [0.29, 0.717) is 0 Å². The number of halogens is 3. The standard InChI is InChI=1S/C11H11F3N2O2S/c12-11(13,14)8-16-19(17,18)10-6-2-1-4-9(10)5-3-7-15/h1-2,4,6,16H,7-8,15H2. The largest absolute Gasteiger partial charge is 0.402 e. The quantitative estimate of drug-likeness (QED) is 0.811. The average Bonchev–Trinajstić information content (AvgIpc) is 2.34. The first-order valence-electron chi connectivity index (χ1n) is 5.10. The minimum absolute atomic E-state index is 0.0182. The van der Waals surface area contributed by atoms with Gasteiger partial charge in [-0.15, -0.1) is 0 Å². The summed E-state index contributed by atoms with van der Waals surface area (Å²) in [4.78, 5) is -0.305. The Bertz CT molecular complexity index is 600. The van der Waals surface area contributed by atoms with Crippen LogP contribution in [0.3, 0.4) is 0 Å². The molecular formula is C11H11F3N2O2S. The molecule has 0 aromatic heterocycles. The number of rotatable bonds is 3.